The molecule has 1 N–H and O–H groups in total. The van der Waals surface area contributed by atoms with Crippen LogP contribution in [-0.2, 0) is 0 Å². The van der Waals surface area contributed by atoms with Gasteiger partial charge in [0.05, 0.1) is 0 Å². The Hall–Kier alpha value is -1.16. The van der Waals surface area contributed by atoms with Gasteiger partial charge in [0.1, 0.15) is 0 Å². The predicted molar refractivity (Wildman–Crippen MR) is 61.0 cm³/mol. The van der Waals surface area contributed by atoms with E-state index in [1.807, 2.05) is 13.0 Å². The Kier molecular flexibility index (Phi) is 2.61. The average molecular weight is 268 g/mol. The fourth-order valence-corrected chi connectivity index (χ4v) is 2.31. The standard InChI is InChI=1S/C11H10BrNO2/c1-6-3-2-4-7-8(12)5-13-10(9(6)7)11(14)15/h2,4-6H,3H2,1H3,(H,14,15). The van der Waals surface area contributed by atoms with Gasteiger partial charge in [-0.05, 0) is 39.4 Å². The lowest BCUT2D eigenvalue weighted by molar-refractivity contribution is 0.0688. The molecule has 0 saturated carbocycles. The summed E-state index contributed by atoms with van der Waals surface area (Å²) >= 11 is 3.39. The van der Waals surface area contributed by atoms with E-state index in [2.05, 4.69) is 27.0 Å². The highest BCUT2D eigenvalue weighted by Gasteiger charge is 2.23. The van der Waals surface area contributed by atoms with Crippen LogP contribution in [0.4, 0.5) is 0 Å². The molecule has 0 bridgehead atoms. The molecule has 1 unspecified atom stereocenters. The number of carboxylic acids is 1. The van der Waals surface area contributed by atoms with Crippen molar-refractivity contribution in [3.05, 3.63) is 33.6 Å². The third kappa shape index (κ3) is 1.69. The predicted octanol–water partition coefficient (Wildman–Crippen LogP) is 3.06. The largest absolute Gasteiger partial charge is 0.477 e. The molecule has 0 aromatic carbocycles. The Morgan fingerprint density at radius 2 is 2.40 bits per heavy atom. The number of hydrogen-bond acceptors (Lipinski definition) is 2. The van der Waals surface area contributed by atoms with E-state index in [1.54, 1.807) is 6.20 Å². The molecular weight excluding hydrogens is 258 g/mol. The third-order valence-electron chi connectivity index (χ3n) is 2.58. The van der Waals surface area contributed by atoms with E-state index in [-0.39, 0.29) is 11.6 Å². The molecule has 0 saturated heterocycles. The second kappa shape index (κ2) is 3.77. The summed E-state index contributed by atoms with van der Waals surface area (Å²) in [6.45, 7) is 2.02. The summed E-state index contributed by atoms with van der Waals surface area (Å²) in [6.07, 6.45) is 6.42. The van der Waals surface area contributed by atoms with Crippen molar-refractivity contribution < 1.29 is 9.90 Å². The SMILES string of the molecule is CC1CC=Cc2c(Br)cnc(C(=O)O)c21. The Balaban J connectivity index is 2.72. The Morgan fingerprint density at radius 1 is 1.67 bits per heavy atom. The van der Waals surface area contributed by atoms with Gasteiger partial charge in [0.25, 0.3) is 0 Å². The Labute approximate surface area is 96.0 Å². The molecule has 1 atom stereocenters. The van der Waals surface area contributed by atoms with Crippen molar-refractivity contribution >= 4 is 28.0 Å². The van der Waals surface area contributed by atoms with Crippen LogP contribution >= 0.6 is 15.9 Å². The molecular formula is C11H10BrNO2. The molecule has 0 amide bonds. The first kappa shape index (κ1) is 10.4. The minimum Gasteiger partial charge on any atom is -0.477 e. The molecule has 0 fully saturated rings. The molecule has 0 radical (unpaired) electrons. The van der Waals surface area contributed by atoms with Crippen LogP contribution in [0.2, 0.25) is 0 Å². The second-order valence-electron chi connectivity index (χ2n) is 3.63. The van der Waals surface area contributed by atoms with Crippen molar-refractivity contribution in [3.63, 3.8) is 0 Å². The third-order valence-corrected chi connectivity index (χ3v) is 3.21. The van der Waals surface area contributed by atoms with E-state index < -0.39 is 5.97 Å². The van der Waals surface area contributed by atoms with Crippen molar-refractivity contribution in [2.75, 3.05) is 0 Å². The van der Waals surface area contributed by atoms with Crippen LogP contribution in [0.15, 0.2) is 16.7 Å². The number of hydrogen-bond donors (Lipinski definition) is 1. The minimum absolute atomic E-state index is 0.171. The normalized spacial score (nSPS) is 18.7. The number of aromatic nitrogens is 1. The molecule has 2 rings (SSSR count). The van der Waals surface area contributed by atoms with Crippen molar-refractivity contribution in [1.29, 1.82) is 0 Å². The van der Waals surface area contributed by atoms with Crippen molar-refractivity contribution in [1.82, 2.24) is 4.98 Å². The fourth-order valence-electron chi connectivity index (χ4n) is 1.86. The van der Waals surface area contributed by atoms with Gasteiger partial charge in [0.2, 0.25) is 0 Å². The van der Waals surface area contributed by atoms with Crippen molar-refractivity contribution in [2.45, 2.75) is 19.3 Å². The number of halogens is 1. The van der Waals surface area contributed by atoms with E-state index in [0.717, 1.165) is 22.0 Å². The number of nitrogens with zero attached hydrogens (tertiary/aromatic N) is 1. The van der Waals surface area contributed by atoms with Gasteiger partial charge in [-0.15, -0.1) is 0 Å². The average Bonchev–Trinajstić information content (AvgIpc) is 2.19. The van der Waals surface area contributed by atoms with Gasteiger partial charge in [-0.25, -0.2) is 9.78 Å². The zero-order chi connectivity index (χ0) is 11.0. The van der Waals surface area contributed by atoms with Crippen LogP contribution < -0.4 is 0 Å². The highest BCUT2D eigenvalue weighted by molar-refractivity contribution is 9.10. The lowest BCUT2D eigenvalue weighted by Gasteiger charge is -2.20. The van der Waals surface area contributed by atoms with Crippen molar-refractivity contribution in [2.24, 2.45) is 0 Å². The summed E-state index contributed by atoms with van der Waals surface area (Å²) in [5.41, 5.74) is 1.95. The maximum Gasteiger partial charge on any atom is 0.354 e. The summed E-state index contributed by atoms with van der Waals surface area (Å²) in [6, 6.07) is 0. The van der Waals surface area contributed by atoms with Gasteiger partial charge < -0.3 is 5.11 Å². The van der Waals surface area contributed by atoms with E-state index >= 15 is 0 Å². The highest BCUT2D eigenvalue weighted by atomic mass is 79.9. The van der Waals surface area contributed by atoms with E-state index in [9.17, 15) is 4.79 Å². The fraction of sp³-hybridized carbons (Fsp3) is 0.273. The van der Waals surface area contributed by atoms with Gasteiger partial charge in [-0.3, -0.25) is 0 Å². The molecule has 78 valence electrons. The number of carbonyl (C=O) groups is 1. The van der Waals surface area contributed by atoms with Crippen LogP contribution in [0, 0.1) is 0 Å². The smallest absolute Gasteiger partial charge is 0.354 e. The summed E-state index contributed by atoms with van der Waals surface area (Å²) in [7, 11) is 0. The van der Waals surface area contributed by atoms with Crippen LogP contribution in [0.3, 0.4) is 0 Å². The number of allylic oxidation sites excluding steroid dienone is 1. The first-order valence-corrected chi connectivity index (χ1v) is 5.48. The molecule has 1 aromatic heterocycles. The lowest BCUT2D eigenvalue weighted by atomic mass is 9.87. The Morgan fingerprint density at radius 3 is 3.07 bits per heavy atom. The number of fused-ring (bicyclic) bond motifs is 1. The zero-order valence-electron chi connectivity index (χ0n) is 8.20. The van der Waals surface area contributed by atoms with Gasteiger partial charge in [0.15, 0.2) is 5.69 Å². The first-order chi connectivity index (χ1) is 7.11. The topological polar surface area (TPSA) is 50.2 Å². The van der Waals surface area contributed by atoms with E-state index in [4.69, 9.17) is 5.11 Å². The van der Waals surface area contributed by atoms with E-state index in [1.165, 1.54) is 0 Å². The van der Waals surface area contributed by atoms with Gasteiger partial charge in [0, 0.05) is 10.7 Å². The zero-order valence-corrected chi connectivity index (χ0v) is 9.78. The summed E-state index contributed by atoms with van der Waals surface area (Å²) in [4.78, 5) is 15.0. The quantitative estimate of drug-likeness (QED) is 0.851. The molecule has 3 nitrogen and oxygen atoms in total. The molecule has 1 aliphatic carbocycles. The number of pyridine rings is 1. The Bertz CT molecular complexity index is 454. The van der Waals surface area contributed by atoms with Crippen LogP contribution in [0.1, 0.15) is 40.9 Å². The first-order valence-electron chi connectivity index (χ1n) is 4.69. The summed E-state index contributed by atoms with van der Waals surface area (Å²) in [5.74, 6) is -0.748. The lowest BCUT2D eigenvalue weighted by Crippen LogP contribution is -2.12. The summed E-state index contributed by atoms with van der Waals surface area (Å²) < 4.78 is 0.852. The molecule has 1 heterocycles. The molecule has 4 heteroatoms. The van der Waals surface area contributed by atoms with Gasteiger partial charge in [-0.2, -0.15) is 0 Å². The highest BCUT2D eigenvalue weighted by Crippen LogP contribution is 2.35. The number of aromatic carboxylic acids is 1. The maximum absolute atomic E-state index is 11.0. The van der Waals surface area contributed by atoms with Crippen molar-refractivity contribution in [3.8, 4) is 0 Å². The van der Waals surface area contributed by atoms with Gasteiger partial charge in [-0.1, -0.05) is 19.1 Å². The van der Waals surface area contributed by atoms with Crippen LogP contribution in [0.25, 0.3) is 6.08 Å². The molecule has 15 heavy (non-hydrogen) atoms. The number of rotatable bonds is 1. The van der Waals surface area contributed by atoms with Gasteiger partial charge >= 0.3 is 5.97 Å². The van der Waals surface area contributed by atoms with Crippen LogP contribution in [0.5, 0.6) is 0 Å². The van der Waals surface area contributed by atoms with E-state index in [0.29, 0.717) is 0 Å². The molecule has 1 aromatic rings. The molecule has 0 aliphatic heterocycles. The number of carboxylic acid groups (broad SMARTS) is 1. The maximum atomic E-state index is 11.0. The summed E-state index contributed by atoms with van der Waals surface area (Å²) in [5, 5.41) is 9.05. The second-order valence-corrected chi connectivity index (χ2v) is 4.48. The van der Waals surface area contributed by atoms with Crippen LogP contribution in [-0.4, -0.2) is 16.1 Å². The monoisotopic (exact) mass is 267 g/mol. The minimum atomic E-state index is -0.957. The molecule has 0 spiro atoms. The molecule has 1 aliphatic rings.